The second kappa shape index (κ2) is 9.90. The number of hydrogen-bond donors (Lipinski definition) is 1. The van der Waals surface area contributed by atoms with E-state index < -0.39 is 0 Å². The fourth-order valence-electron chi connectivity index (χ4n) is 2.80. The molecular formula is C22H24N4OS. The summed E-state index contributed by atoms with van der Waals surface area (Å²) in [7, 11) is 0. The minimum absolute atomic E-state index is 0.0630. The predicted molar refractivity (Wildman–Crippen MR) is 115 cm³/mol. The van der Waals surface area contributed by atoms with Crippen LogP contribution in [0, 0.1) is 0 Å². The van der Waals surface area contributed by atoms with Crippen LogP contribution in [0.3, 0.4) is 0 Å². The fraction of sp³-hybridized carbons (Fsp3) is 0.227. The first-order chi connectivity index (χ1) is 13.7. The van der Waals surface area contributed by atoms with Gasteiger partial charge in [0, 0.05) is 18.7 Å². The Morgan fingerprint density at radius 2 is 1.86 bits per heavy atom. The number of allylic oxidation sites excluding steroid dienone is 1. The number of aromatic nitrogens is 3. The van der Waals surface area contributed by atoms with E-state index in [2.05, 4.69) is 41.1 Å². The molecule has 3 aromatic rings. The van der Waals surface area contributed by atoms with Gasteiger partial charge < -0.3 is 9.88 Å². The van der Waals surface area contributed by atoms with E-state index in [0.717, 1.165) is 23.1 Å². The normalized spacial score (nSPS) is 10.6. The molecule has 2 aromatic carbocycles. The first kappa shape index (κ1) is 19.9. The molecular weight excluding hydrogens is 368 g/mol. The van der Waals surface area contributed by atoms with Gasteiger partial charge in [0.15, 0.2) is 5.16 Å². The summed E-state index contributed by atoms with van der Waals surface area (Å²) >= 11 is 1.38. The van der Waals surface area contributed by atoms with E-state index in [1.54, 1.807) is 0 Å². The smallest absolute Gasteiger partial charge is 0.234 e. The number of amides is 1. The molecule has 0 fully saturated rings. The van der Waals surface area contributed by atoms with Crippen molar-refractivity contribution in [1.29, 1.82) is 0 Å². The second-order valence-corrected chi connectivity index (χ2v) is 7.29. The standard InChI is InChI=1S/C22H24N4OS/c1-3-14-26-20(15-18-8-6-5-7-9-18)24-25-22(26)28-16-21(27)23-19-12-10-17(4-2)11-13-19/h3,5-13H,1,4,14-16H2,2H3,(H,23,27). The molecule has 0 atom stereocenters. The van der Waals surface area contributed by atoms with Gasteiger partial charge in [0.25, 0.3) is 0 Å². The maximum atomic E-state index is 12.3. The highest BCUT2D eigenvalue weighted by atomic mass is 32.2. The second-order valence-electron chi connectivity index (χ2n) is 6.35. The molecule has 5 nitrogen and oxygen atoms in total. The van der Waals surface area contributed by atoms with Gasteiger partial charge >= 0.3 is 0 Å². The van der Waals surface area contributed by atoms with Crippen molar-refractivity contribution in [1.82, 2.24) is 14.8 Å². The van der Waals surface area contributed by atoms with Crippen LogP contribution in [0.25, 0.3) is 0 Å². The van der Waals surface area contributed by atoms with Crippen molar-refractivity contribution in [2.75, 3.05) is 11.1 Å². The summed E-state index contributed by atoms with van der Waals surface area (Å²) in [6, 6.07) is 18.1. The van der Waals surface area contributed by atoms with Gasteiger partial charge in [-0.25, -0.2) is 0 Å². The van der Waals surface area contributed by atoms with E-state index in [9.17, 15) is 4.79 Å². The Morgan fingerprint density at radius 1 is 1.11 bits per heavy atom. The molecule has 0 aliphatic heterocycles. The molecule has 0 radical (unpaired) electrons. The van der Waals surface area contributed by atoms with Crippen LogP contribution >= 0.6 is 11.8 Å². The van der Waals surface area contributed by atoms with E-state index in [-0.39, 0.29) is 11.7 Å². The highest BCUT2D eigenvalue weighted by Gasteiger charge is 2.14. The van der Waals surface area contributed by atoms with Crippen LogP contribution in [0.15, 0.2) is 72.4 Å². The third-order valence-electron chi connectivity index (χ3n) is 4.29. The van der Waals surface area contributed by atoms with Crippen molar-refractivity contribution in [2.24, 2.45) is 0 Å². The Labute approximate surface area is 169 Å². The van der Waals surface area contributed by atoms with Gasteiger partial charge in [0.1, 0.15) is 5.82 Å². The molecule has 28 heavy (non-hydrogen) atoms. The maximum absolute atomic E-state index is 12.3. The van der Waals surface area contributed by atoms with E-state index in [4.69, 9.17) is 0 Å². The highest BCUT2D eigenvalue weighted by molar-refractivity contribution is 7.99. The first-order valence-corrected chi connectivity index (χ1v) is 10.3. The molecule has 0 saturated carbocycles. The molecule has 144 valence electrons. The lowest BCUT2D eigenvalue weighted by Crippen LogP contribution is -2.14. The SMILES string of the molecule is C=CCn1c(Cc2ccccc2)nnc1SCC(=O)Nc1ccc(CC)cc1. The lowest BCUT2D eigenvalue weighted by atomic mass is 10.1. The molecule has 0 unspecified atom stereocenters. The molecule has 0 aliphatic rings. The van der Waals surface area contributed by atoms with Crippen molar-refractivity contribution < 1.29 is 4.79 Å². The van der Waals surface area contributed by atoms with Gasteiger partial charge in [0.05, 0.1) is 5.75 Å². The number of carbonyl (C=O) groups is 1. The van der Waals surface area contributed by atoms with Crippen LogP contribution in [-0.2, 0) is 24.2 Å². The molecule has 3 rings (SSSR count). The zero-order valence-electron chi connectivity index (χ0n) is 16.0. The molecule has 6 heteroatoms. The number of nitrogens with one attached hydrogen (secondary N) is 1. The van der Waals surface area contributed by atoms with E-state index in [0.29, 0.717) is 13.0 Å². The molecule has 0 aliphatic carbocycles. The zero-order valence-corrected chi connectivity index (χ0v) is 16.8. The third-order valence-corrected chi connectivity index (χ3v) is 5.26. The minimum atomic E-state index is -0.0630. The van der Waals surface area contributed by atoms with E-state index >= 15 is 0 Å². The summed E-state index contributed by atoms with van der Waals surface area (Å²) in [4.78, 5) is 12.3. The molecule has 0 bridgehead atoms. The van der Waals surface area contributed by atoms with Gasteiger partial charge in [-0.05, 0) is 29.7 Å². The van der Waals surface area contributed by atoms with Crippen molar-refractivity contribution >= 4 is 23.4 Å². The van der Waals surface area contributed by atoms with Crippen molar-refractivity contribution in [2.45, 2.75) is 31.5 Å². The molecule has 1 heterocycles. The van der Waals surface area contributed by atoms with E-state index in [1.807, 2.05) is 53.1 Å². The Hall–Kier alpha value is -2.86. The molecule has 1 N–H and O–H groups in total. The van der Waals surface area contributed by atoms with Crippen LogP contribution < -0.4 is 5.32 Å². The average molecular weight is 393 g/mol. The third kappa shape index (κ3) is 5.33. The number of hydrogen-bond acceptors (Lipinski definition) is 4. The van der Waals surface area contributed by atoms with E-state index in [1.165, 1.54) is 22.9 Å². The Balaban J connectivity index is 1.62. The topological polar surface area (TPSA) is 59.8 Å². The van der Waals surface area contributed by atoms with Crippen molar-refractivity contribution in [3.8, 4) is 0 Å². The quantitative estimate of drug-likeness (QED) is 0.434. The Kier molecular flexibility index (Phi) is 7.03. The van der Waals surface area contributed by atoms with Gasteiger partial charge in [-0.2, -0.15) is 0 Å². The minimum Gasteiger partial charge on any atom is -0.325 e. The Bertz CT molecular complexity index is 919. The molecule has 1 amide bonds. The summed E-state index contributed by atoms with van der Waals surface area (Å²) in [6.45, 7) is 6.54. The van der Waals surface area contributed by atoms with Crippen molar-refractivity contribution in [3.05, 3.63) is 84.2 Å². The van der Waals surface area contributed by atoms with Gasteiger partial charge in [-0.15, -0.1) is 16.8 Å². The van der Waals surface area contributed by atoms with Crippen LogP contribution in [0.5, 0.6) is 0 Å². The number of nitrogens with zero attached hydrogens (tertiary/aromatic N) is 3. The Morgan fingerprint density at radius 3 is 2.54 bits per heavy atom. The molecule has 0 spiro atoms. The first-order valence-electron chi connectivity index (χ1n) is 9.28. The van der Waals surface area contributed by atoms with Gasteiger partial charge in [-0.1, -0.05) is 67.2 Å². The largest absolute Gasteiger partial charge is 0.325 e. The van der Waals surface area contributed by atoms with Crippen molar-refractivity contribution in [3.63, 3.8) is 0 Å². The number of thioether (sulfide) groups is 1. The summed E-state index contributed by atoms with van der Waals surface area (Å²) in [5.41, 5.74) is 3.22. The number of carbonyl (C=O) groups excluding carboxylic acids is 1. The number of anilines is 1. The summed E-state index contributed by atoms with van der Waals surface area (Å²) in [5.74, 6) is 1.08. The zero-order chi connectivity index (χ0) is 19.8. The monoisotopic (exact) mass is 392 g/mol. The maximum Gasteiger partial charge on any atom is 0.234 e. The lowest BCUT2D eigenvalue weighted by Gasteiger charge is -2.08. The molecule has 0 saturated heterocycles. The summed E-state index contributed by atoms with van der Waals surface area (Å²) in [6.07, 6.45) is 3.49. The molecule has 1 aromatic heterocycles. The number of aryl methyl sites for hydroxylation is 1. The summed E-state index contributed by atoms with van der Waals surface area (Å²) < 4.78 is 2.01. The fourth-order valence-corrected chi connectivity index (χ4v) is 3.57. The number of benzene rings is 2. The van der Waals surface area contributed by atoms with Crippen LogP contribution in [0.1, 0.15) is 23.9 Å². The lowest BCUT2D eigenvalue weighted by molar-refractivity contribution is -0.113. The summed E-state index contributed by atoms with van der Waals surface area (Å²) in [5, 5.41) is 12.3. The van der Waals surface area contributed by atoms with Gasteiger partial charge in [-0.3, -0.25) is 4.79 Å². The average Bonchev–Trinajstić information content (AvgIpc) is 3.09. The van der Waals surface area contributed by atoms with Crippen LogP contribution in [0.4, 0.5) is 5.69 Å². The van der Waals surface area contributed by atoms with Gasteiger partial charge in [0.2, 0.25) is 5.91 Å². The van der Waals surface area contributed by atoms with Crippen LogP contribution in [0.2, 0.25) is 0 Å². The highest BCUT2D eigenvalue weighted by Crippen LogP contribution is 2.20. The predicted octanol–water partition coefficient (Wildman–Crippen LogP) is 4.35. The number of rotatable bonds is 9. The van der Waals surface area contributed by atoms with Crippen LogP contribution in [-0.4, -0.2) is 26.4 Å².